The lowest BCUT2D eigenvalue weighted by Crippen LogP contribution is -2.09. The highest BCUT2D eigenvalue weighted by Gasteiger charge is 2.08. The summed E-state index contributed by atoms with van der Waals surface area (Å²) < 4.78 is 4.89. The summed E-state index contributed by atoms with van der Waals surface area (Å²) in [6, 6.07) is 4.88. The Morgan fingerprint density at radius 3 is 3.00 bits per heavy atom. The summed E-state index contributed by atoms with van der Waals surface area (Å²) in [6.07, 6.45) is 0.783. The van der Waals surface area contributed by atoms with Gasteiger partial charge in [-0.1, -0.05) is 13.0 Å². The average molecular weight is 195 g/mol. The van der Waals surface area contributed by atoms with Gasteiger partial charge in [0.2, 0.25) is 0 Å². The molecule has 0 atom stereocenters. The molecule has 0 bridgehead atoms. The summed E-state index contributed by atoms with van der Waals surface area (Å²) in [6.45, 7) is 2.14. The van der Waals surface area contributed by atoms with Gasteiger partial charge in [-0.3, -0.25) is 0 Å². The van der Waals surface area contributed by atoms with Gasteiger partial charge in [-0.2, -0.15) is 0 Å². The molecule has 1 N–H and O–H groups in total. The third-order valence-corrected chi connectivity index (χ3v) is 1.62. The monoisotopic (exact) mass is 195 g/mol. The largest absolute Gasteiger partial charge is 0.461 e. The van der Waals surface area contributed by atoms with E-state index >= 15 is 0 Å². The molecule has 0 amide bonds. The van der Waals surface area contributed by atoms with Gasteiger partial charge in [-0.25, -0.2) is 9.78 Å². The molecule has 0 aliphatic carbocycles. The number of carbonyl (C=O) groups excluding carboxylic acids is 1. The van der Waals surface area contributed by atoms with Crippen LogP contribution in [0.3, 0.4) is 0 Å². The number of rotatable bonds is 4. The third kappa shape index (κ3) is 2.81. The zero-order valence-electron chi connectivity index (χ0n) is 8.06. The van der Waals surface area contributed by atoms with Crippen molar-refractivity contribution in [2.24, 2.45) is 0 Å². The minimum Gasteiger partial charge on any atom is -0.461 e. The van der Waals surface area contributed by atoms with E-state index in [1.165, 1.54) is 0 Å². The van der Waals surface area contributed by atoms with Crippen LogP contribution < -0.4 is 0 Å². The van der Waals surface area contributed by atoms with Crippen molar-refractivity contribution in [1.29, 1.82) is 0 Å². The molecule has 1 aromatic heterocycles. The van der Waals surface area contributed by atoms with Crippen molar-refractivity contribution in [2.45, 2.75) is 20.0 Å². The summed E-state index contributed by atoms with van der Waals surface area (Å²) in [5.41, 5.74) is 0.709. The van der Waals surface area contributed by atoms with E-state index in [2.05, 4.69) is 4.98 Å². The van der Waals surface area contributed by atoms with Crippen LogP contribution in [-0.4, -0.2) is 22.7 Å². The van der Waals surface area contributed by atoms with E-state index in [0.29, 0.717) is 12.3 Å². The van der Waals surface area contributed by atoms with Gasteiger partial charge in [0.15, 0.2) is 0 Å². The molecule has 0 saturated heterocycles. The van der Waals surface area contributed by atoms with Crippen LogP contribution in [0.5, 0.6) is 0 Å². The fraction of sp³-hybridized carbons (Fsp3) is 0.400. The Bertz CT molecular complexity index is 312. The summed E-state index contributed by atoms with van der Waals surface area (Å²) in [4.78, 5) is 15.2. The molecule has 1 heterocycles. The Labute approximate surface area is 82.5 Å². The fourth-order valence-corrected chi connectivity index (χ4v) is 0.950. The molecule has 1 aromatic rings. The van der Waals surface area contributed by atoms with Crippen molar-refractivity contribution in [2.75, 3.05) is 6.61 Å². The topological polar surface area (TPSA) is 59.4 Å². The first-order valence-corrected chi connectivity index (χ1v) is 4.52. The highest BCUT2D eigenvalue weighted by Crippen LogP contribution is 2.01. The lowest BCUT2D eigenvalue weighted by molar-refractivity contribution is 0.0497. The Morgan fingerprint density at radius 2 is 2.36 bits per heavy atom. The first-order valence-electron chi connectivity index (χ1n) is 4.52. The van der Waals surface area contributed by atoms with Crippen LogP contribution in [0.15, 0.2) is 18.2 Å². The Kier molecular flexibility index (Phi) is 4.07. The molecule has 0 saturated carbocycles. The molecular weight excluding hydrogens is 182 g/mol. The molecule has 0 aliphatic heterocycles. The van der Waals surface area contributed by atoms with Gasteiger partial charge in [-0.15, -0.1) is 0 Å². The van der Waals surface area contributed by atoms with Gasteiger partial charge in [0.25, 0.3) is 0 Å². The molecule has 0 fully saturated rings. The van der Waals surface area contributed by atoms with Crippen molar-refractivity contribution in [3.8, 4) is 0 Å². The quantitative estimate of drug-likeness (QED) is 0.732. The Balaban J connectivity index is 2.69. The van der Waals surface area contributed by atoms with Crippen molar-refractivity contribution in [3.63, 3.8) is 0 Å². The van der Waals surface area contributed by atoms with Gasteiger partial charge in [0, 0.05) is 0 Å². The van der Waals surface area contributed by atoms with Gasteiger partial charge in [0.05, 0.1) is 18.9 Å². The van der Waals surface area contributed by atoms with Crippen molar-refractivity contribution in [3.05, 3.63) is 29.6 Å². The number of aliphatic hydroxyl groups excluding tert-OH is 1. The maximum absolute atomic E-state index is 11.3. The van der Waals surface area contributed by atoms with Gasteiger partial charge >= 0.3 is 5.97 Å². The van der Waals surface area contributed by atoms with Crippen molar-refractivity contribution in [1.82, 2.24) is 4.98 Å². The lowest BCUT2D eigenvalue weighted by Gasteiger charge is -2.02. The van der Waals surface area contributed by atoms with Gasteiger partial charge < -0.3 is 9.84 Å². The molecule has 0 unspecified atom stereocenters. The van der Waals surface area contributed by atoms with Crippen LogP contribution >= 0.6 is 0 Å². The van der Waals surface area contributed by atoms with Gasteiger partial charge in [-0.05, 0) is 18.6 Å². The second-order valence-corrected chi connectivity index (χ2v) is 2.81. The normalized spacial score (nSPS) is 9.86. The minimum absolute atomic E-state index is 0.172. The van der Waals surface area contributed by atoms with E-state index in [1.807, 2.05) is 6.92 Å². The predicted octanol–water partition coefficient (Wildman–Crippen LogP) is 1.14. The Hall–Kier alpha value is -1.42. The zero-order valence-corrected chi connectivity index (χ0v) is 8.06. The second kappa shape index (κ2) is 5.34. The minimum atomic E-state index is -0.442. The standard InChI is InChI=1S/C10H13NO3/c1-2-6-14-10(13)9-5-3-4-8(7-12)11-9/h3-5,12H,2,6-7H2,1H3. The van der Waals surface area contributed by atoms with E-state index in [9.17, 15) is 4.79 Å². The first kappa shape index (κ1) is 10.7. The summed E-state index contributed by atoms with van der Waals surface area (Å²) in [7, 11) is 0. The van der Waals surface area contributed by atoms with Gasteiger partial charge in [0.1, 0.15) is 5.69 Å². The van der Waals surface area contributed by atoms with Crippen LogP contribution in [0, 0.1) is 0 Å². The average Bonchev–Trinajstić information content (AvgIpc) is 2.26. The van der Waals surface area contributed by atoms with E-state index in [1.54, 1.807) is 18.2 Å². The Morgan fingerprint density at radius 1 is 1.57 bits per heavy atom. The zero-order chi connectivity index (χ0) is 10.4. The predicted molar refractivity (Wildman–Crippen MR) is 50.7 cm³/mol. The molecule has 4 nitrogen and oxygen atoms in total. The summed E-state index contributed by atoms with van der Waals surface area (Å²) in [5.74, 6) is -0.442. The molecular formula is C10H13NO3. The highest BCUT2D eigenvalue weighted by atomic mass is 16.5. The first-order chi connectivity index (χ1) is 6.77. The number of aliphatic hydroxyl groups is 1. The van der Waals surface area contributed by atoms with Crippen LogP contribution in [0.25, 0.3) is 0 Å². The van der Waals surface area contributed by atoms with Crippen LogP contribution in [0.2, 0.25) is 0 Å². The van der Waals surface area contributed by atoms with E-state index in [4.69, 9.17) is 9.84 Å². The van der Waals surface area contributed by atoms with Crippen LogP contribution in [-0.2, 0) is 11.3 Å². The molecule has 4 heteroatoms. The number of hydrogen-bond donors (Lipinski definition) is 1. The third-order valence-electron chi connectivity index (χ3n) is 1.62. The summed E-state index contributed by atoms with van der Waals surface area (Å²) in [5, 5.41) is 8.81. The van der Waals surface area contributed by atoms with Crippen molar-refractivity contribution < 1.29 is 14.6 Å². The number of ether oxygens (including phenoxy) is 1. The molecule has 0 radical (unpaired) electrons. The summed E-state index contributed by atoms with van der Waals surface area (Å²) >= 11 is 0. The number of esters is 1. The number of pyridine rings is 1. The molecule has 0 aromatic carbocycles. The second-order valence-electron chi connectivity index (χ2n) is 2.81. The number of aromatic nitrogens is 1. The molecule has 1 rings (SSSR count). The number of nitrogens with zero attached hydrogens (tertiary/aromatic N) is 1. The SMILES string of the molecule is CCCOC(=O)c1cccc(CO)n1. The van der Waals surface area contributed by atoms with Crippen molar-refractivity contribution >= 4 is 5.97 Å². The van der Waals surface area contributed by atoms with Crippen LogP contribution in [0.1, 0.15) is 29.5 Å². The maximum Gasteiger partial charge on any atom is 0.356 e. The van der Waals surface area contributed by atoms with E-state index in [0.717, 1.165) is 6.42 Å². The molecule has 0 spiro atoms. The van der Waals surface area contributed by atoms with E-state index in [-0.39, 0.29) is 12.3 Å². The van der Waals surface area contributed by atoms with E-state index < -0.39 is 5.97 Å². The highest BCUT2D eigenvalue weighted by molar-refractivity contribution is 5.87. The fourth-order valence-electron chi connectivity index (χ4n) is 0.950. The van der Waals surface area contributed by atoms with Crippen LogP contribution in [0.4, 0.5) is 0 Å². The molecule has 0 aliphatic rings. The molecule has 14 heavy (non-hydrogen) atoms. The maximum atomic E-state index is 11.3. The smallest absolute Gasteiger partial charge is 0.356 e. The number of hydrogen-bond acceptors (Lipinski definition) is 4. The number of carbonyl (C=O) groups is 1. The molecule has 76 valence electrons. The lowest BCUT2D eigenvalue weighted by atomic mass is 10.3.